The van der Waals surface area contributed by atoms with Crippen molar-refractivity contribution >= 4 is 39.4 Å². The van der Waals surface area contributed by atoms with Crippen molar-refractivity contribution in [2.24, 2.45) is 5.92 Å². The molecule has 1 aromatic carbocycles. The summed E-state index contributed by atoms with van der Waals surface area (Å²) in [5.41, 5.74) is 8.07. The molecular weight excluding hydrogens is 512 g/mol. The predicted octanol–water partition coefficient (Wildman–Crippen LogP) is 2.15. The molecule has 0 radical (unpaired) electrons. The number of nitrogens with two attached hydrogens (primary N) is 1. The fourth-order valence-electron chi connectivity index (χ4n) is 4.91. The first-order valence-electron chi connectivity index (χ1n) is 12.6. The Kier molecular flexibility index (Phi) is 8.36. The lowest BCUT2D eigenvalue weighted by Gasteiger charge is -2.28. The number of hydrogen-bond donors (Lipinski definition) is 3. The molecule has 2 heterocycles. The van der Waals surface area contributed by atoms with Gasteiger partial charge in [-0.1, -0.05) is 12.1 Å². The van der Waals surface area contributed by atoms with E-state index in [9.17, 15) is 18.0 Å². The SMILES string of the molecule is CN(C)S(=O)(=O)CCNc1nc(N)c2c(n1)OCCN(c1ccc([C@H]3CC[C@H](CC(=O)O)CC3)cc1)C2=O. The summed E-state index contributed by atoms with van der Waals surface area (Å²) in [6.07, 6.45) is 3.94. The van der Waals surface area contributed by atoms with Gasteiger partial charge in [-0.15, -0.1) is 0 Å². The number of fused-ring (bicyclic) bond motifs is 1. The molecule has 1 aliphatic carbocycles. The highest BCUT2D eigenvalue weighted by atomic mass is 32.2. The van der Waals surface area contributed by atoms with Gasteiger partial charge in [-0.3, -0.25) is 9.59 Å². The van der Waals surface area contributed by atoms with Crippen LogP contribution in [-0.2, 0) is 14.8 Å². The molecule has 0 saturated heterocycles. The molecule has 12 nitrogen and oxygen atoms in total. The number of carbonyl (C=O) groups is 2. The number of carbonyl (C=O) groups excluding carboxylic acids is 1. The van der Waals surface area contributed by atoms with E-state index in [1.54, 1.807) is 4.90 Å². The van der Waals surface area contributed by atoms with Gasteiger partial charge in [-0.05, 0) is 55.2 Å². The van der Waals surface area contributed by atoms with Crippen LogP contribution in [0.15, 0.2) is 24.3 Å². The second-order valence-corrected chi connectivity index (χ2v) is 12.2. The highest BCUT2D eigenvalue weighted by Gasteiger charge is 2.30. The van der Waals surface area contributed by atoms with Crippen LogP contribution in [0.2, 0.25) is 0 Å². The number of aliphatic carboxylic acids is 1. The monoisotopic (exact) mass is 546 g/mol. The largest absolute Gasteiger partial charge is 0.481 e. The van der Waals surface area contributed by atoms with Gasteiger partial charge >= 0.3 is 5.97 Å². The molecule has 4 rings (SSSR count). The molecule has 1 aliphatic heterocycles. The third-order valence-electron chi connectivity index (χ3n) is 7.10. The number of carboxylic acid groups (broad SMARTS) is 1. The van der Waals surface area contributed by atoms with Crippen LogP contribution in [0.1, 0.15) is 53.9 Å². The van der Waals surface area contributed by atoms with Gasteiger partial charge in [0.15, 0.2) is 0 Å². The van der Waals surface area contributed by atoms with E-state index in [1.807, 2.05) is 24.3 Å². The van der Waals surface area contributed by atoms with E-state index in [4.69, 9.17) is 15.6 Å². The molecule has 1 amide bonds. The molecule has 2 aromatic rings. The van der Waals surface area contributed by atoms with E-state index >= 15 is 0 Å². The standard InChI is InChI=1S/C25H34N6O6S/c1-30(2)38(35,36)14-11-27-25-28-22(26)21-23(29-25)37-13-12-31(24(21)34)19-9-7-18(8-10-19)17-5-3-16(4-6-17)15-20(32)33/h7-10,16-17H,3-6,11-15H2,1-2H3,(H,32,33)(H3,26,27,28,29)/t16-,17-. The minimum atomic E-state index is -3.40. The van der Waals surface area contributed by atoms with E-state index in [2.05, 4.69) is 15.3 Å². The van der Waals surface area contributed by atoms with Crippen molar-refractivity contribution in [3.05, 3.63) is 35.4 Å². The van der Waals surface area contributed by atoms with Crippen LogP contribution >= 0.6 is 0 Å². The van der Waals surface area contributed by atoms with E-state index in [-0.39, 0.29) is 66.9 Å². The molecule has 0 bridgehead atoms. The fraction of sp³-hybridized carbons (Fsp3) is 0.520. The average Bonchev–Trinajstić information content (AvgIpc) is 3.03. The first kappa shape index (κ1) is 27.6. The van der Waals surface area contributed by atoms with Gasteiger partial charge in [0, 0.05) is 32.7 Å². The number of nitrogen functional groups attached to an aromatic ring is 1. The molecule has 38 heavy (non-hydrogen) atoms. The third kappa shape index (κ3) is 6.33. The number of amides is 1. The number of carboxylic acids is 1. The summed E-state index contributed by atoms with van der Waals surface area (Å²) in [4.78, 5) is 34.4. The molecule has 206 valence electrons. The van der Waals surface area contributed by atoms with Gasteiger partial charge in [0.2, 0.25) is 21.9 Å². The topological polar surface area (TPSA) is 168 Å². The minimum Gasteiger partial charge on any atom is -0.481 e. The molecule has 2 aliphatic rings. The Morgan fingerprint density at radius 2 is 1.87 bits per heavy atom. The van der Waals surface area contributed by atoms with E-state index in [1.165, 1.54) is 19.7 Å². The van der Waals surface area contributed by atoms with Crippen molar-refractivity contribution in [1.82, 2.24) is 14.3 Å². The maximum atomic E-state index is 13.4. The summed E-state index contributed by atoms with van der Waals surface area (Å²) in [5.74, 6) is -0.574. The molecule has 0 unspecified atom stereocenters. The van der Waals surface area contributed by atoms with Crippen molar-refractivity contribution in [3.63, 3.8) is 0 Å². The normalized spacial score (nSPS) is 20.0. The summed E-state index contributed by atoms with van der Waals surface area (Å²) in [6, 6.07) is 7.84. The number of sulfonamides is 1. The Hall–Kier alpha value is -3.45. The van der Waals surface area contributed by atoms with Crippen LogP contribution in [-0.4, -0.2) is 79.2 Å². The van der Waals surface area contributed by atoms with Crippen molar-refractivity contribution in [1.29, 1.82) is 0 Å². The molecule has 0 spiro atoms. The van der Waals surface area contributed by atoms with Crippen LogP contribution < -0.4 is 20.7 Å². The summed E-state index contributed by atoms with van der Waals surface area (Å²) in [7, 11) is -0.478. The zero-order chi connectivity index (χ0) is 27.4. The molecular formula is C25H34N6O6S. The summed E-state index contributed by atoms with van der Waals surface area (Å²) < 4.78 is 30.8. The first-order valence-corrected chi connectivity index (χ1v) is 14.2. The minimum absolute atomic E-state index is 0.0534. The highest BCUT2D eigenvalue weighted by molar-refractivity contribution is 7.89. The van der Waals surface area contributed by atoms with E-state index in [0.29, 0.717) is 11.6 Å². The predicted molar refractivity (Wildman–Crippen MR) is 143 cm³/mol. The highest BCUT2D eigenvalue weighted by Crippen LogP contribution is 2.38. The molecule has 13 heteroatoms. The lowest BCUT2D eigenvalue weighted by Crippen LogP contribution is -2.33. The van der Waals surface area contributed by atoms with Crippen LogP contribution in [0.3, 0.4) is 0 Å². The average molecular weight is 547 g/mol. The molecule has 1 saturated carbocycles. The molecule has 1 fully saturated rings. The summed E-state index contributed by atoms with van der Waals surface area (Å²) >= 11 is 0. The number of benzene rings is 1. The van der Waals surface area contributed by atoms with Gasteiger partial charge in [0.1, 0.15) is 18.0 Å². The van der Waals surface area contributed by atoms with E-state index < -0.39 is 16.0 Å². The van der Waals surface area contributed by atoms with Gasteiger partial charge in [0.05, 0.1) is 12.3 Å². The van der Waals surface area contributed by atoms with E-state index in [0.717, 1.165) is 30.0 Å². The maximum Gasteiger partial charge on any atom is 0.303 e. The molecule has 4 N–H and O–H groups in total. The Bertz CT molecular complexity index is 1280. The van der Waals surface area contributed by atoms with Crippen LogP contribution in [0, 0.1) is 5.92 Å². The summed E-state index contributed by atoms with van der Waals surface area (Å²) in [5, 5.41) is 11.9. The Morgan fingerprint density at radius 3 is 2.50 bits per heavy atom. The Labute approximate surface area is 222 Å². The number of rotatable bonds is 9. The smallest absolute Gasteiger partial charge is 0.303 e. The second kappa shape index (κ2) is 11.5. The summed E-state index contributed by atoms with van der Waals surface area (Å²) in [6.45, 7) is 0.545. The van der Waals surface area contributed by atoms with Crippen molar-refractivity contribution in [2.45, 2.75) is 38.0 Å². The third-order valence-corrected chi connectivity index (χ3v) is 8.93. The van der Waals surface area contributed by atoms with Gasteiger partial charge in [-0.25, -0.2) is 12.7 Å². The lowest BCUT2D eigenvalue weighted by atomic mass is 9.77. The Morgan fingerprint density at radius 1 is 1.18 bits per heavy atom. The zero-order valence-electron chi connectivity index (χ0n) is 21.6. The van der Waals surface area contributed by atoms with Crippen molar-refractivity contribution < 1.29 is 27.9 Å². The van der Waals surface area contributed by atoms with Gasteiger partial charge in [0.25, 0.3) is 5.91 Å². The van der Waals surface area contributed by atoms with Gasteiger partial charge < -0.3 is 25.8 Å². The molecule has 1 aromatic heterocycles. The number of ether oxygens (including phenoxy) is 1. The lowest BCUT2D eigenvalue weighted by molar-refractivity contribution is -0.138. The quantitative estimate of drug-likeness (QED) is 0.424. The van der Waals surface area contributed by atoms with Crippen LogP contribution in [0.4, 0.5) is 17.5 Å². The number of anilines is 3. The Balaban J connectivity index is 1.44. The van der Waals surface area contributed by atoms with Gasteiger partial charge in [-0.2, -0.15) is 9.97 Å². The number of nitrogens with one attached hydrogen (secondary N) is 1. The fourth-order valence-corrected chi connectivity index (χ4v) is 5.63. The second-order valence-electron chi connectivity index (χ2n) is 9.85. The van der Waals surface area contributed by atoms with Crippen molar-refractivity contribution in [2.75, 3.05) is 55.5 Å². The molecule has 0 atom stereocenters. The van der Waals surface area contributed by atoms with Crippen LogP contribution in [0.5, 0.6) is 5.88 Å². The number of aromatic nitrogens is 2. The number of nitrogens with zero attached hydrogens (tertiary/aromatic N) is 4. The number of hydrogen-bond acceptors (Lipinski definition) is 9. The zero-order valence-corrected chi connectivity index (χ0v) is 22.4. The maximum absolute atomic E-state index is 13.4. The van der Waals surface area contributed by atoms with Crippen LogP contribution in [0.25, 0.3) is 0 Å². The van der Waals surface area contributed by atoms with Crippen molar-refractivity contribution in [3.8, 4) is 5.88 Å². The first-order chi connectivity index (χ1) is 18.0.